The van der Waals surface area contributed by atoms with Gasteiger partial charge in [0.25, 0.3) is 5.91 Å². The molecule has 4 rings (SSSR count). The van der Waals surface area contributed by atoms with Gasteiger partial charge in [-0.05, 0) is 38.8 Å². The van der Waals surface area contributed by atoms with E-state index in [-0.39, 0.29) is 11.8 Å². The Hall–Kier alpha value is -2.32. The molecule has 0 radical (unpaired) electrons. The number of hydrogen-bond acceptors (Lipinski definition) is 6. The number of aromatic nitrogens is 1. The highest BCUT2D eigenvalue weighted by Crippen LogP contribution is 2.27. The lowest BCUT2D eigenvalue weighted by Gasteiger charge is -2.35. The van der Waals surface area contributed by atoms with Crippen molar-refractivity contribution in [2.24, 2.45) is 0 Å². The molecule has 2 amide bonds. The van der Waals surface area contributed by atoms with Gasteiger partial charge in [-0.2, -0.15) is 0 Å². The average Bonchev–Trinajstić information content (AvgIpc) is 3.19. The van der Waals surface area contributed by atoms with E-state index in [0.717, 1.165) is 54.4 Å². The molecule has 2 heterocycles. The van der Waals surface area contributed by atoms with Crippen molar-refractivity contribution in [3.63, 3.8) is 0 Å². The fourth-order valence-corrected chi connectivity index (χ4v) is 5.88. The molecule has 1 saturated carbocycles. The van der Waals surface area contributed by atoms with Crippen LogP contribution in [0.5, 0.6) is 0 Å². The van der Waals surface area contributed by atoms with Crippen LogP contribution in [0.4, 0.5) is 0 Å². The lowest BCUT2D eigenvalue weighted by atomic mass is 9.94. The lowest BCUT2D eigenvalue weighted by Crippen LogP contribution is -2.48. The number of carbonyl (C=O) groups is 2. The number of amides is 2. The van der Waals surface area contributed by atoms with Crippen molar-refractivity contribution in [2.45, 2.75) is 63.4 Å². The highest BCUT2D eigenvalue weighted by Gasteiger charge is 2.26. The summed E-state index contributed by atoms with van der Waals surface area (Å²) in [6.07, 6.45) is 5.89. The third kappa shape index (κ3) is 5.84. The van der Waals surface area contributed by atoms with Crippen molar-refractivity contribution in [3.8, 4) is 0 Å². The number of piperazine rings is 1. The third-order valence-corrected chi connectivity index (χ3v) is 8.27. The number of rotatable bonds is 7. The van der Waals surface area contributed by atoms with Gasteiger partial charge in [0.2, 0.25) is 5.91 Å². The molecule has 2 aromatic rings. The van der Waals surface area contributed by atoms with Gasteiger partial charge in [-0.25, -0.2) is 0 Å². The van der Waals surface area contributed by atoms with Crippen LogP contribution in [0.3, 0.4) is 0 Å². The molecule has 184 valence electrons. The normalized spacial score (nSPS) is 17.7. The first-order valence-electron chi connectivity index (χ1n) is 12.3. The van der Waals surface area contributed by atoms with Crippen LogP contribution < -0.4 is 0 Å². The van der Waals surface area contributed by atoms with Crippen molar-refractivity contribution in [3.05, 3.63) is 46.8 Å². The molecule has 0 bridgehead atoms. The molecule has 0 spiro atoms. The number of nitrogens with zero attached hydrogens (tertiary/aromatic N) is 4. The van der Waals surface area contributed by atoms with Gasteiger partial charge in [0, 0.05) is 56.3 Å². The van der Waals surface area contributed by atoms with E-state index in [1.165, 1.54) is 31.0 Å². The quantitative estimate of drug-likeness (QED) is 0.551. The van der Waals surface area contributed by atoms with E-state index in [9.17, 15) is 9.59 Å². The Bertz CT molecular complexity index is 974. The van der Waals surface area contributed by atoms with E-state index in [1.54, 1.807) is 0 Å². The van der Waals surface area contributed by atoms with Gasteiger partial charge >= 0.3 is 0 Å². The van der Waals surface area contributed by atoms with Gasteiger partial charge in [0.05, 0.1) is 17.0 Å². The van der Waals surface area contributed by atoms with Crippen molar-refractivity contribution >= 4 is 23.6 Å². The second kappa shape index (κ2) is 11.4. The Morgan fingerprint density at radius 1 is 1.09 bits per heavy atom. The smallest absolute Gasteiger partial charge is 0.255 e. The van der Waals surface area contributed by atoms with E-state index in [4.69, 9.17) is 4.52 Å². The summed E-state index contributed by atoms with van der Waals surface area (Å²) in [6.45, 7) is 7.71. The summed E-state index contributed by atoms with van der Waals surface area (Å²) in [6, 6.07) is 8.05. The number of hydrogen-bond donors (Lipinski definition) is 0. The van der Waals surface area contributed by atoms with Crippen LogP contribution in [-0.4, -0.2) is 76.7 Å². The fraction of sp³-hybridized carbons (Fsp3) is 0.577. The maximum Gasteiger partial charge on any atom is 0.255 e. The minimum absolute atomic E-state index is 0.0492. The maximum atomic E-state index is 13.4. The standard InChI is InChI=1S/C26H36N4O3S/c1-19-23(20(2)33-27-19)17-29-13-15-30(16-14-29)26(32)22-11-7-8-12-24(22)34-18-25(31)28(3)21-9-5-4-6-10-21/h7-8,11-12,21H,4-6,9-10,13-18H2,1-3H3. The predicted molar refractivity (Wildman–Crippen MR) is 134 cm³/mol. The van der Waals surface area contributed by atoms with Crippen LogP contribution in [0, 0.1) is 13.8 Å². The number of aryl methyl sites for hydroxylation is 2. The summed E-state index contributed by atoms with van der Waals surface area (Å²) in [5.74, 6) is 1.42. The Morgan fingerprint density at radius 2 is 1.79 bits per heavy atom. The van der Waals surface area contributed by atoms with Gasteiger partial charge in [-0.3, -0.25) is 14.5 Å². The fourth-order valence-electron chi connectivity index (χ4n) is 4.91. The lowest BCUT2D eigenvalue weighted by molar-refractivity contribution is -0.129. The zero-order chi connectivity index (χ0) is 24.1. The highest BCUT2D eigenvalue weighted by atomic mass is 32.2. The number of thioether (sulfide) groups is 1. The molecule has 1 aliphatic carbocycles. The van der Waals surface area contributed by atoms with Crippen molar-refractivity contribution in [1.29, 1.82) is 0 Å². The molecular weight excluding hydrogens is 448 g/mol. The van der Waals surface area contributed by atoms with E-state index in [0.29, 0.717) is 30.4 Å². The van der Waals surface area contributed by atoms with Crippen LogP contribution >= 0.6 is 11.8 Å². The zero-order valence-electron chi connectivity index (χ0n) is 20.6. The minimum Gasteiger partial charge on any atom is -0.361 e. The second-order valence-electron chi connectivity index (χ2n) is 9.45. The first-order valence-corrected chi connectivity index (χ1v) is 13.3. The van der Waals surface area contributed by atoms with Crippen molar-refractivity contribution < 1.29 is 14.1 Å². The zero-order valence-corrected chi connectivity index (χ0v) is 21.4. The molecule has 34 heavy (non-hydrogen) atoms. The summed E-state index contributed by atoms with van der Waals surface area (Å²) in [7, 11) is 1.93. The maximum absolute atomic E-state index is 13.4. The van der Waals surface area contributed by atoms with Gasteiger partial charge in [-0.1, -0.05) is 36.6 Å². The summed E-state index contributed by atoms with van der Waals surface area (Å²) < 4.78 is 5.29. The van der Waals surface area contributed by atoms with Crippen molar-refractivity contribution in [2.75, 3.05) is 39.0 Å². The van der Waals surface area contributed by atoms with Crippen LogP contribution in [-0.2, 0) is 11.3 Å². The first-order chi connectivity index (χ1) is 16.4. The Balaban J connectivity index is 1.32. The molecular formula is C26H36N4O3S. The molecule has 1 aromatic carbocycles. The topological polar surface area (TPSA) is 69.9 Å². The molecule has 1 aromatic heterocycles. The summed E-state index contributed by atoms with van der Waals surface area (Å²) in [4.78, 5) is 33.2. The largest absolute Gasteiger partial charge is 0.361 e. The molecule has 2 fully saturated rings. The molecule has 2 aliphatic rings. The first kappa shape index (κ1) is 24.8. The van der Waals surface area contributed by atoms with E-state index >= 15 is 0 Å². The van der Waals surface area contributed by atoms with Gasteiger partial charge < -0.3 is 14.3 Å². The molecule has 7 nitrogen and oxygen atoms in total. The average molecular weight is 485 g/mol. The van der Waals surface area contributed by atoms with Gasteiger partial charge in [0.1, 0.15) is 5.76 Å². The Labute approximate surface area is 206 Å². The number of carbonyl (C=O) groups excluding carboxylic acids is 2. The van der Waals surface area contributed by atoms with Gasteiger partial charge in [0.15, 0.2) is 0 Å². The SMILES string of the molecule is Cc1noc(C)c1CN1CCN(C(=O)c2ccccc2SCC(=O)N(C)C2CCCCC2)CC1. The molecule has 8 heteroatoms. The molecule has 0 N–H and O–H groups in total. The molecule has 0 atom stereocenters. The van der Waals surface area contributed by atoms with Gasteiger partial charge in [-0.15, -0.1) is 11.8 Å². The van der Waals surface area contributed by atoms with Crippen molar-refractivity contribution in [1.82, 2.24) is 19.9 Å². The second-order valence-corrected chi connectivity index (χ2v) is 10.5. The summed E-state index contributed by atoms with van der Waals surface area (Å²) >= 11 is 1.48. The Morgan fingerprint density at radius 3 is 2.47 bits per heavy atom. The van der Waals surface area contributed by atoms with Crippen LogP contribution in [0.25, 0.3) is 0 Å². The predicted octanol–water partition coefficient (Wildman–Crippen LogP) is 4.13. The summed E-state index contributed by atoms with van der Waals surface area (Å²) in [5, 5.41) is 4.05. The number of benzene rings is 1. The third-order valence-electron chi connectivity index (χ3n) is 7.21. The molecule has 0 unspecified atom stereocenters. The highest BCUT2D eigenvalue weighted by molar-refractivity contribution is 8.00. The van der Waals surface area contributed by atoms with E-state index in [1.807, 2.05) is 55.0 Å². The van der Waals surface area contributed by atoms with Crippen LogP contribution in [0.15, 0.2) is 33.7 Å². The minimum atomic E-state index is 0.0492. The van der Waals surface area contributed by atoms with Crippen LogP contribution in [0.2, 0.25) is 0 Å². The van der Waals surface area contributed by atoms with E-state index < -0.39 is 0 Å². The van der Waals surface area contributed by atoms with E-state index in [2.05, 4.69) is 10.1 Å². The van der Waals surface area contributed by atoms with Crippen LogP contribution in [0.1, 0.15) is 59.5 Å². The molecule has 1 aliphatic heterocycles. The Kier molecular flexibility index (Phi) is 8.32. The summed E-state index contributed by atoms with van der Waals surface area (Å²) in [5.41, 5.74) is 2.77. The monoisotopic (exact) mass is 484 g/mol. The molecule has 1 saturated heterocycles.